The number of benzene rings is 1. The lowest BCUT2D eigenvalue weighted by Gasteiger charge is -2.13. The van der Waals surface area contributed by atoms with E-state index in [9.17, 15) is 9.90 Å². The van der Waals surface area contributed by atoms with Crippen molar-refractivity contribution in [1.29, 1.82) is 0 Å². The first-order chi connectivity index (χ1) is 12.6. The van der Waals surface area contributed by atoms with Crippen LogP contribution >= 0.6 is 11.3 Å². The molecule has 0 bridgehead atoms. The van der Waals surface area contributed by atoms with E-state index in [0.717, 1.165) is 12.5 Å². The Labute approximate surface area is 158 Å². The highest BCUT2D eigenvalue weighted by Crippen LogP contribution is 2.18. The highest BCUT2D eigenvalue weighted by atomic mass is 32.1. The van der Waals surface area contributed by atoms with Gasteiger partial charge in [-0.05, 0) is 41.4 Å². The van der Waals surface area contributed by atoms with Crippen LogP contribution in [0.4, 0.5) is 0 Å². The Morgan fingerprint density at radius 3 is 2.65 bits per heavy atom. The molecule has 1 aromatic heterocycles. The first-order valence-corrected chi connectivity index (χ1v) is 9.66. The number of hydrogen-bond acceptors (Lipinski definition) is 4. The fourth-order valence-corrected chi connectivity index (χ4v) is 3.13. The number of para-hydroxylation sites is 1. The number of guanidine groups is 1. The Hall–Kier alpha value is -2.54. The molecule has 0 radical (unpaired) electrons. The van der Waals surface area contributed by atoms with Crippen molar-refractivity contribution in [2.75, 3.05) is 26.2 Å². The quantitative estimate of drug-likeness (QED) is 0.325. The number of thiophene rings is 1. The van der Waals surface area contributed by atoms with Crippen molar-refractivity contribution in [2.45, 2.75) is 19.8 Å². The van der Waals surface area contributed by atoms with Crippen LogP contribution < -0.4 is 16.0 Å². The third-order valence-electron chi connectivity index (χ3n) is 3.83. The second-order valence-electron chi connectivity index (χ2n) is 5.88. The van der Waals surface area contributed by atoms with Gasteiger partial charge < -0.3 is 21.1 Å². The van der Waals surface area contributed by atoms with Gasteiger partial charge in [0.2, 0.25) is 0 Å². The first kappa shape index (κ1) is 19.8. The number of nitrogens with zero attached hydrogens (tertiary/aromatic N) is 1. The lowest BCUT2D eigenvalue weighted by Crippen LogP contribution is -2.41. The number of aliphatic imine (C=N–C) groups is 1. The maximum Gasteiger partial charge on any atom is 0.255 e. The van der Waals surface area contributed by atoms with Gasteiger partial charge in [0, 0.05) is 32.1 Å². The fraction of sp³-hybridized carbons (Fsp3) is 0.368. The number of nitrogens with one attached hydrogen (secondary N) is 3. The molecular weight excluding hydrogens is 348 g/mol. The second kappa shape index (κ2) is 10.5. The highest BCUT2D eigenvalue weighted by Gasteiger charge is 2.09. The smallest absolute Gasteiger partial charge is 0.255 e. The van der Waals surface area contributed by atoms with Crippen LogP contribution in [0.15, 0.2) is 46.1 Å². The third kappa shape index (κ3) is 6.07. The summed E-state index contributed by atoms with van der Waals surface area (Å²) < 4.78 is 0. The van der Waals surface area contributed by atoms with E-state index in [1.165, 1.54) is 11.6 Å². The van der Waals surface area contributed by atoms with Gasteiger partial charge in [-0.1, -0.05) is 19.1 Å². The van der Waals surface area contributed by atoms with E-state index in [0.29, 0.717) is 25.6 Å². The maximum atomic E-state index is 12.0. The van der Waals surface area contributed by atoms with Crippen molar-refractivity contribution in [2.24, 2.45) is 4.99 Å². The number of hydrogen-bond donors (Lipinski definition) is 4. The van der Waals surface area contributed by atoms with Gasteiger partial charge >= 0.3 is 0 Å². The van der Waals surface area contributed by atoms with E-state index in [1.807, 2.05) is 6.92 Å². The molecule has 1 heterocycles. The van der Waals surface area contributed by atoms with Crippen LogP contribution in [0.25, 0.3) is 0 Å². The topological polar surface area (TPSA) is 85.8 Å². The average Bonchev–Trinajstić information content (AvgIpc) is 3.18. The van der Waals surface area contributed by atoms with Crippen LogP contribution in [0, 0.1) is 0 Å². The molecule has 0 aliphatic heterocycles. The van der Waals surface area contributed by atoms with Crippen LogP contribution in [0.2, 0.25) is 0 Å². The molecule has 7 heteroatoms. The van der Waals surface area contributed by atoms with Crippen molar-refractivity contribution in [3.63, 3.8) is 0 Å². The normalized spacial score (nSPS) is 12.5. The van der Waals surface area contributed by atoms with E-state index < -0.39 is 0 Å². The van der Waals surface area contributed by atoms with Crippen LogP contribution in [-0.2, 0) is 0 Å². The van der Waals surface area contributed by atoms with Gasteiger partial charge in [-0.3, -0.25) is 9.79 Å². The molecule has 1 atom stereocenters. The molecule has 1 amide bonds. The van der Waals surface area contributed by atoms with Crippen LogP contribution in [0.3, 0.4) is 0 Å². The predicted molar refractivity (Wildman–Crippen MR) is 107 cm³/mol. The van der Waals surface area contributed by atoms with Crippen LogP contribution in [0.5, 0.6) is 5.75 Å². The minimum Gasteiger partial charge on any atom is -0.507 e. The minimum absolute atomic E-state index is 0.0183. The number of phenolic OH excluding ortho intramolecular Hbond substituents is 1. The number of rotatable bonds is 8. The number of phenols is 1. The van der Waals surface area contributed by atoms with E-state index in [1.54, 1.807) is 29.5 Å². The van der Waals surface area contributed by atoms with E-state index in [4.69, 9.17) is 0 Å². The summed E-state index contributed by atoms with van der Waals surface area (Å²) in [6.07, 6.45) is 0. The Kier molecular flexibility index (Phi) is 7.95. The zero-order valence-corrected chi connectivity index (χ0v) is 16.0. The number of carbonyl (C=O) groups is 1. The molecule has 0 aliphatic rings. The van der Waals surface area contributed by atoms with Crippen LogP contribution in [-0.4, -0.2) is 43.2 Å². The standard InChI is InChI=1S/C19H26N4O2S/c1-3-20-19(23-12-14(2)15-8-11-26-13-15)22-10-9-21-18(25)16-6-4-5-7-17(16)24/h4-8,11,13-14,24H,3,9-10,12H2,1-2H3,(H,21,25)(H2,20,22,23). The molecule has 1 aromatic carbocycles. The zero-order valence-electron chi connectivity index (χ0n) is 15.2. The molecule has 0 spiro atoms. The largest absolute Gasteiger partial charge is 0.507 e. The molecule has 140 valence electrons. The third-order valence-corrected chi connectivity index (χ3v) is 4.53. The van der Waals surface area contributed by atoms with Gasteiger partial charge in [-0.15, -0.1) is 0 Å². The fourth-order valence-electron chi connectivity index (χ4n) is 2.35. The molecule has 0 fully saturated rings. The second-order valence-corrected chi connectivity index (χ2v) is 6.66. The van der Waals surface area contributed by atoms with Gasteiger partial charge in [0.05, 0.1) is 5.56 Å². The Morgan fingerprint density at radius 1 is 1.19 bits per heavy atom. The van der Waals surface area contributed by atoms with Crippen molar-refractivity contribution in [1.82, 2.24) is 16.0 Å². The molecular formula is C19H26N4O2S. The number of aromatic hydroxyl groups is 1. The zero-order chi connectivity index (χ0) is 18.8. The Balaban J connectivity index is 1.78. The molecule has 0 saturated heterocycles. The number of amides is 1. The average molecular weight is 375 g/mol. The van der Waals surface area contributed by atoms with Crippen molar-refractivity contribution in [3.8, 4) is 5.75 Å². The Morgan fingerprint density at radius 2 is 1.96 bits per heavy atom. The summed E-state index contributed by atoms with van der Waals surface area (Å²) in [7, 11) is 0. The molecule has 1 unspecified atom stereocenters. The minimum atomic E-state index is -0.294. The highest BCUT2D eigenvalue weighted by molar-refractivity contribution is 7.07. The lowest BCUT2D eigenvalue weighted by molar-refractivity contribution is 0.0951. The number of carbonyl (C=O) groups excluding carboxylic acids is 1. The monoisotopic (exact) mass is 374 g/mol. The summed E-state index contributed by atoms with van der Waals surface area (Å²) >= 11 is 1.69. The van der Waals surface area contributed by atoms with Gasteiger partial charge in [0.1, 0.15) is 5.75 Å². The van der Waals surface area contributed by atoms with E-state index in [-0.39, 0.29) is 17.2 Å². The van der Waals surface area contributed by atoms with Gasteiger partial charge in [0.25, 0.3) is 5.91 Å². The van der Waals surface area contributed by atoms with E-state index in [2.05, 4.69) is 44.7 Å². The van der Waals surface area contributed by atoms with Crippen molar-refractivity contribution >= 4 is 23.2 Å². The van der Waals surface area contributed by atoms with Crippen molar-refractivity contribution < 1.29 is 9.90 Å². The maximum absolute atomic E-state index is 12.0. The summed E-state index contributed by atoms with van der Waals surface area (Å²) in [5.41, 5.74) is 1.57. The van der Waals surface area contributed by atoms with Crippen molar-refractivity contribution in [3.05, 3.63) is 52.2 Å². The van der Waals surface area contributed by atoms with E-state index >= 15 is 0 Å². The molecule has 2 rings (SSSR count). The SMILES string of the molecule is CCNC(=NCC(C)c1ccsc1)NCCNC(=O)c1ccccc1O. The Bertz CT molecular complexity index is 716. The summed E-state index contributed by atoms with van der Waals surface area (Å²) in [6.45, 7) is 6.59. The molecule has 26 heavy (non-hydrogen) atoms. The first-order valence-electron chi connectivity index (χ1n) is 8.72. The molecule has 2 aromatic rings. The predicted octanol–water partition coefficient (Wildman–Crippen LogP) is 2.54. The van der Waals surface area contributed by atoms with Gasteiger partial charge in [-0.25, -0.2) is 0 Å². The summed E-state index contributed by atoms with van der Waals surface area (Å²) in [5.74, 6) is 0.775. The molecule has 0 aliphatic carbocycles. The molecule has 0 saturated carbocycles. The van der Waals surface area contributed by atoms with Crippen LogP contribution in [0.1, 0.15) is 35.7 Å². The summed E-state index contributed by atoms with van der Waals surface area (Å²) in [6, 6.07) is 8.62. The molecule has 6 nitrogen and oxygen atoms in total. The summed E-state index contributed by atoms with van der Waals surface area (Å²) in [4.78, 5) is 16.6. The van der Waals surface area contributed by atoms with Gasteiger partial charge in [0.15, 0.2) is 5.96 Å². The lowest BCUT2D eigenvalue weighted by atomic mass is 10.1. The summed E-state index contributed by atoms with van der Waals surface area (Å²) in [5, 5.41) is 23.1. The van der Waals surface area contributed by atoms with Gasteiger partial charge in [-0.2, -0.15) is 11.3 Å². The molecule has 4 N–H and O–H groups in total.